The number of nitrogens with two attached hydrogens (primary N) is 1. The monoisotopic (exact) mass is 288 g/mol. The van der Waals surface area contributed by atoms with Crippen LogP contribution in [0.5, 0.6) is 5.75 Å². The number of benzene rings is 1. The summed E-state index contributed by atoms with van der Waals surface area (Å²) in [7, 11) is 1.81. The van der Waals surface area contributed by atoms with Gasteiger partial charge in [0.25, 0.3) is 5.91 Å². The lowest BCUT2D eigenvalue weighted by atomic mass is 10.2. The molecule has 1 heterocycles. The molecule has 0 spiro atoms. The second-order valence-electron chi connectivity index (χ2n) is 4.48. The van der Waals surface area contributed by atoms with E-state index in [-0.39, 0.29) is 12.5 Å². The zero-order valence-corrected chi connectivity index (χ0v) is 11.6. The van der Waals surface area contributed by atoms with Gasteiger partial charge in [0.2, 0.25) is 5.91 Å². The molecule has 2 amide bonds. The number of nitrogens with zero attached hydrogens (tertiary/aromatic N) is 2. The van der Waals surface area contributed by atoms with Gasteiger partial charge in [-0.1, -0.05) is 0 Å². The molecule has 7 heteroatoms. The number of carbonyl (C=O) groups is 2. The molecular weight excluding hydrogens is 272 g/mol. The van der Waals surface area contributed by atoms with Crippen molar-refractivity contribution in [2.75, 3.05) is 6.61 Å². The molecule has 0 aliphatic heterocycles. The van der Waals surface area contributed by atoms with Crippen LogP contribution in [0.1, 0.15) is 15.9 Å². The maximum Gasteiger partial charge on any atom is 0.258 e. The van der Waals surface area contributed by atoms with Gasteiger partial charge in [-0.25, -0.2) is 0 Å². The van der Waals surface area contributed by atoms with Crippen molar-refractivity contribution in [2.24, 2.45) is 12.8 Å². The summed E-state index contributed by atoms with van der Waals surface area (Å²) in [6, 6.07) is 6.28. The third-order valence-electron chi connectivity index (χ3n) is 2.76. The molecule has 0 unspecified atom stereocenters. The molecule has 0 saturated heterocycles. The molecule has 1 aromatic heterocycles. The van der Waals surface area contributed by atoms with E-state index in [0.29, 0.717) is 17.9 Å². The van der Waals surface area contributed by atoms with Crippen LogP contribution in [0.15, 0.2) is 36.7 Å². The van der Waals surface area contributed by atoms with Crippen molar-refractivity contribution < 1.29 is 14.3 Å². The molecule has 2 aromatic rings. The number of primary amides is 1. The van der Waals surface area contributed by atoms with Crippen LogP contribution in [0.3, 0.4) is 0 Å². The van der Waals surface area contributed by atoms with E-state index in [1.54, 1.807) is 35.1 Å². The summed E-state index contributed by atoms with van der Waals surface area (Å²) >= 11 is 0. The number of nitrogens with one attached hydrogen (secondary N) is 1. The van der Waals surface area contributed by atoms with Crippen LogP contribution in [0.25, 0.3) is 0 Å². The van der Waals surface area contributed by atoms with Crippen LogP contribution >= 0.6 is 0 Å². The number of hydrogen-bond donors (Lipinski definition) is 2. The van der Waals surface area contributed by atoms with Crippen molar-refractivity contribution in [2.45, 2.75) is 6.54 Å². The van der Waals surface area contributed by atoms with E-state index in [1.165, 1.54) is 0 Å². The smallest absolute Gasteiger partial charge is 0.258 e. The number of ether oxygens (including phenoxy) is 1. The summed E-state index contributed by atoms with van der Waals surface area (Å²) in [5, 5.41) is 6.73. The van der Waals surface area contributed by atoms with E-state index in [4.69, 9.17) is 10.5 Å². The van der Waals surface area contributed by atoms with E-state index in [0.717, 1.165) is 5.56 Å². The van der Waals surface area contributed by atoms with E-state index < -0.39 is 5.91 Å². The van der Waals surface area contributed by atoms with E-state index >= 15 is 0 Å². The summed E-state index contributed by atoms with van der Waals surface area (Å²) in [6.45, 7) is 0.298. The molecule has 0 atom stereocenters. The first kappa shape index (κ1) is 14.6. The number of rotatable bonds is 6. The van der Waals surface area contributed by atoms with Gasteiger partial charge in [-0.2, -0.15) is 5.10 Å². The summed E-state index contributed by atoms with van der Waals surface area (Å²) < 4.78 is 6.98. The highest BCUT2D eigenvalue weighted by atomic mass is 16.5. The number of amides is 2. The average Bonchev–Trinajstić information content (AvgIpc) is 2.89. The van der Waals surface area contributed by atoms with Crippen molar-refractivity contribution in [3.8, 4) is 5.75 Å². The first-order chi connectivity index (χ1) is 10.0. The first-order valence-corrected chi connectivity index (χ1v) is 6.31. The van der Waals surface area contributed by atoms with Crippen LogP contribution in [0, 0.1) is 0 Å². The molecular formula is C14H16N4O3. The topological polar surface area (TPSA) is 99.2 Å². The number of carbonyl (C=O) groups excluding carboxylic acids is 2. The predicted molar refractivity (Wildman–Crippen MR) is 75.5 cm³/mol. The van der Waals surface area contributed by atoms with Gasteiger partial charge in [0, 0.05) is 30.9 Å². The fourth-order valence-electron chi connectivity index (χ4n) is 1.68. The molecule has 2 rings (SSSR count). The van der Waals surface area contributed by atoms with E-state index in [2.05, 4.69) is 10.4 Å². The zero-order chi connectivity index (χ0) is 15.2. The Balaban J connectivity index is 1.77. The van der Waals surface area contributed by atoms with Crippen LogP contribution in [-0.2, 0) is 18.4 Å². The molecule has 0 radical (unpaired) electrons. The SMILES string of the molecule is Cn1cc(CNC(=O)COc2ccc(C(N)=O)cc2)cn1. The highest BCUT2D eigenvalue weighted by Crippen LogP contribution is 2.11. The summed E-state index contributed by atoms with van der Waals surface area (Å²) in [5.74, 6) is -0.245. The standard InChI is InChI=1S/C14H16N4O3/c1-18-8-10(7-17-18)6-16-13(19)9-21-12-4-2-11(3-5-12)14(15)20/h2-5,7-8H,6,9H2,1H3,(H2,15,20)(H,16,19). The third kappa shape index (κ3) is 4.34. The summed E-state index contributed by atoms with van der Waals surface area (Å²) in [6.07, 6.45) is 3.51. The van der Waals surface area contributed by atoms with Crippen LogP contribution in [0.2, 0.25) is 0 Å². The lowest BCUT2D eigenvalue weighted by Crippen LogP contribution is -2.28. The normalized spacial score (nSPS) is 10.1. The molecule has 0 saturated carbocycles. The highest BCUT2D eigenvalue weighted by molar-refractivity contribution is 5.92. The lowest BCUT2D eigenvalue weighted by molar-refractivity contribution is -0.123. The number of aromatic nitrogens is 2. The van der Waals surface area contributed by atoms with Gasteiger partial charge in [0.15, 0.2) is 6.61 Å². The fourth-order valence-corrected chi connectivity index (χ4v) is 1.68. The second kappa shape index (κ2) is 6.56. The van der Waals surface area contributed by atoms with Gasteiger partial charge in [-0.15, -0.1) is 0 Å². The molecule has 21 heavy (non-hydrogen) atoms. The molecule has 7 nitrogen and oxygen atoms in total. The Morgan fingerprint density at radius 1 is 1.33 bits per heavy atom. The maximum absolute atomic E-state index is 11.6. The quantitative estimate of drug-likeness (QED) is 0.794. The Morgan fingerprint density at radius 3 is 2.62 bits per heavy atom. The van der Waals surface area contributed by atoms with Gasteiger partial charge in [-0.05, 0) is 24.3 Å². The van der Waals surface area contributed by atoms with Crippen LogP contribution < -0.4 is 15.8 Å². The molecule has 0 bridgehead atoms. The van der Waals surface area contributed by atoms with E-state index in [9.17, 15) is 9.59 Å². The van der Waals surface area contributed by atoms with Gasteiger partial charge < -0.3 is 15.8 Å². The van der Waals surface area contributed by atoms with E-state index in [1.807, 2.05) is 13.2 Å². The van der Waals surface area contributed by atoms with Crippen molar-refractivity contribution in [1.82, 2.24) is 15.1 Å². The largest absolute Gasteiger partial charge is 0.484 e. The highest BCUT2D eigenvalue weighted by Gasteiger charge is 2.05. The molecule has 1 aromatic carbocycles. The minimum absolute atomic E-state index is 0.101. The number of hydrogen-bond acceptors (Lipinski definition) is 4. The zero-order valence-electron chi connectivity index (χ0n) is 11.6. The van der Waals surface area contributed by atoms with Gasteiger partial charge >= 0.3 is 0 Å². The van der Waals surface area contributed by atoms with Crippen molar-refractivity contribution >= 4 is 11.8 Å². The van der Waals surface area contributed by atoms with Crippen molar-refractivity contribution in [1.29, 1.82) is 0 Å². The predicted octanol–water partition coefficient (Wildman–Crippen LogP) is 0.214. The molecule has 0 aliphatic carbocycles. The Morgan fingerprint density at radius 2 is 2.05 bits per heavy atom. The summed E-state index contributed by atoms with van der Waals surface area (Å²) in [5.41, 5.74) is 6.44. The van der Waals surface area contributed by atoms with Gasteiger partial charge in [0.1, 0.15) is 5.75 Å². The Kier molecular flexibility index (Phi) is 4.55. The minimum atomic E-state index is -0.504. The Bertz CT molecular complexity index is 634. The van der Waals surface area contributed by atoms with Crippen molar-refractivity contribution in [3.05, 3.63) is 47.8 Å². The van der Waals surface area contributed by atoms with Crippen LogP contribution in [-0.4, -0.2) is 28.2 Å². The minimum Gasteiger partial charge on any atom is -0.484 e. The first-order valence-electron chi connectivity index (χ1n) is 6.31. The van der Waals surface area contributed by atoms with Gasteiger partial charge in [-0.3, -0.25) is 14.3 Å². The Labute approximate surface area is 121 Å². The van der Waals surface area contributed by atoms with Crippen molar-refractivity contribution in [3.63, 3.8) is 0 Å². The Hall–Kier alpha value is -2.83. The van der Waals surface area contributed by atoms with Gasteiger partial charge in [0.05, 0.1) is 6.20 Å². The fraction of sp³-hybridized carbons (Fsp3) is 0.214. The van der Waals surface area contributed by atoms with Crippen LogP contribution in [0.4, 0.5) is 0 Å². The molecule has 0 fully saturated rings. The number of aryl methyl sites for hydroxylation is 1. The maximum atomic E-state index is 11.6. The summed E-state index contributed by atoms with van der Waals surface area (Å²) in [4.78, 5) is 22.5. The third-order valence-corrected chi connectivity index (χ3v) is 2.76. The lowest BCUT2D eigenvalue weighted by Gasteiger charge is -2.07. The molecule has 3 N–H and O–H groups in total. The molecule has 0 aliphatic rings. The molecule has 110 valence electrons. The average molecular weight is 288 g/mol. The second-order valence-corrected chi connectivity index (χ2v) is 4.48.